The number of anilines is 1. The van der Waals surface area contributed by atoms with Gasteiger partial charge in [0.15, 0.2) is 0 Å². The summed E-state index contributed by atoms with van der Waals surface area (Å²) in [6.07, 6.45) is 6.21. The summed E-state index contributed by atoms with van der Waals surface area (Å²) in [6.45, 7) is 6.79. The molecule has 1 N–H and O–H groups in total. The molecule has 2 aromatic heterocycles. The minimum Gasteiger partial charge on any atom is -0.381 e. The van der Waals surface area contributed by atoms with E-state index in [0.29, 0.717) is 29.4 Å². The highest BCUT2D eigenvalue weighted by Crippen LogP contribution is 2.27. The van der Waals surface area contributed by atoms with Gasteiger partial charge in [-0.05, 0) is 39.2 Å². The summed E-state index contributed by atoms with van der Waals surface area (Å²) in [4.78, 5) is 32.4. The van der Waals surface area contributed by atoms with Crippen molar-refractivity contribution in [2.75, 3.05) is 31.2 Å². The highest BCUT2D eigenvalue weighted by Gasteiger charge is 2.28. The van der Waals surface area contributed by atoms with Gasteiger partial charge in [-0.2, -0.15) is 0 Å². The van der Waals surface area contributed by atoms with Crippen LogP contribution in [-0.4, -0.2) is 58.2 Å². The number of amides is 1. The first kappa shape index (κ1) is 18.7. The standard InChI is InChI=1S/C20H26N6O2/c1-13-18(14(2)23-12-22-13)19(27)24-16-4-8-26(11-16)20-21-7-3-17(25-20)15-5-9-28-10-6-15/h3,7,12,15-16H,4-6,8-11H2,1-2H3,(H,24,27). The molecule has 2 aliphatic heterocycles. The van der Waals surface area contributed by atoms with E-state index >= 15 is 0 Å². The zero-order chi connectivity index (χ0) is 19.5. The molecule has 1 unspecified atom stereocenters. The van der Waals surface area contributed by atoms with Crippen LogP contribution in [0.25, 0.3) is 0 Å². The maximum atomic E-state index is 12.7. The van der Waals surface area contributed by atoms with Gasteiger partial charge in [-0.25, -0.2) is 19.9 Å². The van der Waals surface area contributed by atoms with Crippen LogP contribution in [0.3, 0.4) is 0 Å². The fourth-order valence-corrected chi connectivity index (χ4v) is 3.97. The second-order valence-electron chi connectivity index (χ2n) is 7.49. The van der Waals surface area contributed by atoms with Crippen LogP contribution in [0.1, 0.15) is 52.6 Å². The van der Waals surface area contributed by atoms with Crippen molar-refractivity contribution >= 4 is 11.9 Å². The third kappa shape index (κ3) is 3.96. The van der Waals surface area contributed by atoms with Crippen LogP contribution in [0.5, 0.6) is 0 Å². The molecule has 8 heteroatoms. The van der Waals surface area contributed by atoms with E-state index in [4.69, 9.17) is 9.72 Å². The van der Waals surface area contributed by atoms with E-state index in [2.05, 4.69) is 25.2 Å². The Morgan fingerprint density at radius 2 is 1.89 bits per heavy atom. The molecular weight excluding hydrogens is 356 g/mol. The van der Waals surface area contributed by atoms with Gasteiger partial charge in [0.25, 0.3) is 5.91 Å². The molecule has 0 aromatic carbocycles. The average molecular weight is 382 g/mol. The maximum Gasteiger partial charge on any atom is 0.255 e. The van der Waals surface area contributed by atoms with Crippen LogP contribution in [0.2, 0.25) is 0 Å². The van der Waals surface area contributed by atoms with Crippen molar-refractivity contribution in [1.82, 2.24) is 25.3 Å². The first-order chi connectivity index (χ1) is 13.6. The van der Waals surface area contributed by atoms with Gasteiger partial charge in [-0.3, -0.25) is 4.79 Å². The zero-order valence-corrected chi connectivity index (χ0v) is 16.4. The van der Waals surface area contributed by atoms with Gasteiger partial charge in [0, 0.05) is 50.2 Å². The van der Waals surface area contributed by atoms with Gasteiger partial charge in [0.05, 0.1) is 17.0 Å². The molecule has 1 amide bonds. The smallest absolute Gasteiger partial charge is 0.255 e. The SMILES string of the molecule is Cc1ncnc(C)c1C(=O)NC1CCN(c2nccc(C3CCOCC3)n2)C1. The van der Waals surface area contributed by atoms with Gasteiger partial charge < -0.3 is 15.0 Å². The molecule has 4 heterocycles. The molecular formula is C20H26N6O2. The number of carbonyl (C=O) groups is 1. The first-order valence-electron chi connectivity index (χ1n) is 9.86. The topological polar surface area (TPSA) is 93.1 Å². The molecule has 148 valence electrons. The van der Waals surface area contributed by atoms with Crippen LogP contribution in [0.15, 0.2) is 18.6 Å². The summed E-state index contributed by atoms with van der Waals surface area (Å²) in [5.74, 6) is 1.08. The average Bonchev–Trinajstić information content (AvgIpc) is 3.17. The molecule has 0 saturated carbocycles. The Bertz CT molecular complexity index is 832. The van der Waals surface area contributed by atoms with Crippen molar-refractivity contribution in [1.29, 1.82) is 0 Å². The Hall–Kier alpha value is -2.61. The van der Waals surface area contributed by atoms with Crippen LogP contribution in [0.4, 0.5) is 5.95 Å². The lowest BCUT2D eigenvalue weighted by Crippen LogP contribution is -2.38. The van der Waals surface area contributed by atoms with Crippen molar-refractivity contribution in [3.05, 3.63) is 41.2 Å². The fourth-order valence-electron chi connectivity index (χ4n) is 3.97. The number of nitrogens with zero attached hydrogens (tertiary/aromatic N) is 5. The number of ether oxygens (including phenoxy) is 1. The summed E-state index contributed by atoms with van der Waals surface area (Å²) in [5.41, 5.74) is 3.06. The molecule has 0 bridgehead atoms. The van der Waals surface area contributed by atoms with E-state index in [9.17, 15) is 4.79 Å². The van der Waals surface area contributed by atoms with E-state index < -0.39 is 0 Å². The molecule has 2 fully saturated rings. The van der Waals surface area contributed by atoms with Gasteiger partial charge in [0.2, 0.25) is 5.95 Å². The Balaban J connectivity index is 1.41. The van der Waals surface area contributed by atoms with E-state index in [1.54, 1.807) is 0 Å². The largest absolute Gasteiger partial charge is 0.381 e. The third-order valence-corrected chi connectivity index (χ3v) is 5.56. The minimum atomic E-state index is -0.112. The minimum absolute atomic E-state index is 0.0573. The van der Waals surface area contributed by atoms with Gasteiger partial charge in [-0.1, -0.05) is 0 Å². The number of carbonyl (C=O) groups excluding carboxylic acids is 1. The maximum absolute atomic E-state index is 12.7. The predicted octanol–water partition coefficient (Wildman–Crippen LogP) is 1.79. The molecule has 0 spiro atoms. The number of hydrogen-bond acceptors (Lipinski definition) is 7. The molecule has 28 heavy (non-hydrogen) atoms. The molecule has 2 aliphatic rings. The van der Waals surface area contributed by atoms with E-state index in [1.165, 1.54) is 6.33 Å². The molecule has 0 aliphatic carbocycles. The predicted molar refractivity (Wildman–Crippen MR) is 104 cm³/mol. The van der Waals surface area contributed by atoms with Crippen LogP contribution >= 0.6 is 0 Å². The lowest BCUT2D eigenvalue weighted by molar-refractivity contribution is 0.0845. The van der Waals surface area contributed by atoms with Crippen molar-refractivity contribution in [3.63, 3.8) is 0 Å². The third-order valence-electron chi connectivity index (χ3n) is 5.56. The van der Waals surface area contributed by atoms with E-state index in [-0.39, 0.29) is 11.9 Å². The normalized spacial score (nSPS) is 20.4. The number of nitrogens with one attached hydrogen (secondary N) is 1. The number of aryl methyl sites for hydroxylation is 2. The Labute approximate surface area is 164 Å². The summed E-state index contributed by atoms with van der Waals surface area (Å²) in [5, 5.41) is 3.12. The Morgan fingerprint density at radius 1 is 1.14 bits per heavy atom. The highest BCUT2D eigenvalue weighted by molar-refractivity contribution is 5.96. The quantitative estimate of drug-likeness (QED) is 0.861. The summed E-state index contributed by atoms with van der Waals surface area (Å²) < 4.78 is 5.45. The van der Waals surface area contributed by atoms with Gasteiger partial charge in [-0.15, -0.1) is 0 Å². The molecule has 2 aromatic rings. The zero-order valence-electron chi connectivity index (χ0n) is 16.4. The molecule has 2 saturated heterocycles. The van der Waals surface area contributed by atoms with Crippen molar-refractivity contribution in [2.45, 2.75) is 45.1 Å². The van der Waals surface area contributed by atoms with E-state index in [1.807, 2.05) is 26.1 Å². The van der Waals surface area contributed by atoms with Crippen LogP contribution in [0, 0.1) is 13.8 Å². The number of rotatable bonds is 4. The van der Waals surface area contributed by atoms with Gasteiger partial charge in [0.1, 0.15) is 6.33 Å². The van der Waals surface area contributed by atoms with Crippen molar-refractivity contribution in [2.24, 2.45) is 0 Å². The van der Waals surface area contributed by atoms with Crippen molar-refractivity contribution < 1.29 is 9.53 Å². The summed E-state index contributed by atoms with van der Waals surface area (Å²) in [7, 11) is 0. The first-order valence-corrected chi connectivity index (χ1v) is 9.86. The summed E-state index contributed by atoms with van der Waals surface area (Å²) >= 11 is 0. The monoisotopic (exact) mass is 382 g/mol. The molecule has 0 radical (unpaired) electrons. The van der Waals surface area contributed by atoms with Crippen LogP contribution in [-0.2, 0) is 4.74 Å². The Morgan fingerprint density at radius 3 is 2.64 bits per heavy atom. The number of aromatic nitrogens is 4. The lowest BCUT2D eigenvalue weighted by Gasteiger charge is -2.23. The second kappa shape index (κ2) is 8.18. The lowest BCUT2D eigenvalue weighted by atomic mass is 9.96. The second-order valence-corrected chi connectivity index (χ2v) is 7.49. The van der Waals surface area contributed by atoms with Crippen LogP contribution < -0.4 is 10.2 Å². The van der Waals surface area contributed by atoms with E-state index in [0.717, 1.165) is 50.7 Å². The van der Waals surface area contributed by atoms with Crippen molar-refractivity contribution in [3.8, 4) is 0 Å². The Kier molecular flexibility index (Phi) is 5.47. The molecule has 8 nitrogen and oxygen atoms in total. The highest BCUT2D eigenvalue weighted by atomic mass is 16.5. The van der Waals surface area contributed by atoms with Gasteiger partial charge >= 0.3 is 0 Å². The number of hydrogen-bond donors (Lipinski definition) is 1. The molecule has 4 rings (SSSR count). The fraction of sp³-hybridized carbons (Fsp3) is 0.550. The molecule has 1 atom stereocenters. The summed E-state index contributed by atoms with van der Waals surface area (Å²) in [6, 6.07) is 2.07.